The van der Waals surface area contributed by atoms with Gasteiger partial charge in [-0.25, -0.2) is 0 Å². The van der Waals surface area contributed by atoms with Gasteiger partial charge in [-0.3, -0.25) is 19.9 Å². The van der Waals surface area contributed by atoms with Crippen LogP contribution in [-0.2, 0) is 0 Å². The van der Waals surface area contributed by atoms with Gasteiger partial charge in [0.25, 0.3) is 11.6 Å². The van der Waals surface area contributed by atoms with Crippen LogP contribution >= 0.6 is 0 Å². The SMILES string of the molecule is CNc1ccc([N+](=O)[O-])c(C(=O)Nc2ccncc2)c1. The summed E-state index contributed by atoms with van der Waals surface area (Å²) in [5.41, 5.74) is 0.902. The number of amides is 1. The molecule has 20 heavy (non-hydrogen) atoms. The Hall–Kier alpha value is -2.96. The van der Waals surface area contributed by atoms with Crippen LogP contribution in [0.3, 0.4) is 0 Å². The van der Waals surface area contributed by atoms with E-state index in [0.29, 0.717) is 11.4 Å². The van der Waals surface area contributed by atoms with Gasteiger partial charge in [-0.1, -0.05) is 0 Å². The van der Waals surface area contributed by atoms with Crippen molar-refractivity contribution < 1.29 is 9.72 Å². The highest BCUT2D eigenvalue weighted by molar-refractivity contribution is 6.07. The van der Waals surface area contributed by atoms with Crippen LogP contribution in [0.25, 0.3) is 0 Å². The van der Waals surface area contributed by atoms with Crippen LogP contribution in [-0.4, -0.2) is 22.9 Å². The molecule has 1 amide bonds. The number of hydrogen-bond donors (Lipinski definition) is 2. The maximum atomic E-state index is 12.1. The molecule has 0 aliphatic carbocycles. The molecule has 0 unspecified atom stereocenters. The molecule has 2 aromatic rings. The minimum Gasteiger partial charge on any atom is -0.388 e. The van der Waals surface area contributed by atoms with Gasteiger partial charge in [-0.05, 0) is 24.3 Å². The van der Waals surface area contributed by atoms with E-state index in [1.54, 1.807) is 25.2 Å². The second kappa shape index (κ2) is 5.79. The highest BCUT2D eigenvalue weighted by atomic mass is 16.6. The smallest absolute Gasteiger partial charge is 0.282 e. The molecule has 0 fully saturated rings. The van der Waals surface area contributed by atoms with Crippen molar-refractivity contribution in [1.29, 1.82) is 0 Å². The van der Waals surface area contributed by atoms with Crippen LogP contribution in [0.1, 0.15) is 10.4 Å². The number of aromatic nitrogens is 1. The molecule has 0 aliphatic rings. The third-order valence-electron chi connectivity index (χ3n) is 2.66. The zero-order chi connectivity index (χ0) is 14.5. The Morgan fingerprint density at radius 1 is 1.20 bits per heavy atom. The first kappa shape index (κ1) is 13.5. The van der Waals surface area contributed by atoms with E-state index >= 15 is 0 Å². The Morgan fingerprint density at radius 2 is 1.90 bits per heavy atom. The molecule has 0 radical (unpaired) electrons. The summed E-state index contributed by atoms with van der Waals surface area (Å²) in [5.74, 6) is -0.542. The molecule has 102 valence electrons. The molecule has 7 heteroatoms. The maximum absolute atomic E-state index is 12.1. The lowest BCUT2D eigenvalue weighted by molar-refractivity contribution is -0.385. The van der Waals surface area contributed by atoms with E-state index in [0.717, 1.165) is 0 Å². The monoisotopic (exact) mass is 272 g/mol. The minimum atomic E-state index is -0.582. The number of carbonyl (C=O) groups is 1. The number of hydrogen-bond acceptors (Lipinski definition) is 5. The van der Waals surface area contributed by atoms with E-state index < -0.39 is 10.8 Å². The Kier molecular flexibility index (Phi) is 3.90. The number of anilines is 2. The van der Waals surface area contributed by atoms with E-state index in [9.17, 15) is 14.9 Å². The average Bonchev–Trinajstić information content (AvgIpc) is 2.47. The summed E-state index contributed by atoms with van der Waals surface area (Å²) < 4.78 is 0. The van der Waals surface area contributed by atoms with Gasteiger partial charge in [0.1, 0.15) is 5.56 Å². The summed E-state index contributed by atoms with van der Waals surface area (Å²) in [4.78, 5) is 26.4. The fourth-order valence-electron chi connectivity index (χ4n) is 1.67. The summed E-state index contributed by atoms with van der Waals surface area (Å²) in [7, 11) is 1.67. The number of pyridine rings is 1. The number of nitro groups is 1. The zero-order valence-electron chi connectivity index (χ0n) is 10.7. The van der Waals surface area contributed by atoms with E-state index in [2.05, 4.69) is 15.6 Å². The fourth-order valence-corrected chi connectivity index (χ4v) is 1.67. The van der Waals surface area contributed by atoms with Crippen LogP contribution in [0.5, 0.6) is 0 Å². The summed E-state index contributed by atoms with van der Waals surface area (Å²) in [6.07, 6.45) is 3.04. The van der Waals surface area contributed by atoms with Gasteiger partial charge >= 0.3 is 0 Å². The predicted octanol–water partition coefficient (Wildman–Crippen LogP) is 2.28. The first-order valence-electron chi connectivity index (χ1n) is 5.79. The summed E-state index contributed by atoms with van der Waals surface area (Å²) in [6.45, 7) is 0. The van der Waals surface area contributed by atoms with Gasteiger partial charge in [0.2, 0.25) is 0 Å². The van der Waals surface area contributed by atoms with Crippen LogP contribution < -0.4 is 10.6 Å². The normalized spacial score (nSPS) is 9.85. The third kappa shape index (κ3) is 2.89. The van der Waals surface area contributed by atoms with Gasteiger partial charge in [-0.15, -0.1) is 0 Å². The predicted molar refractivity (Wildman–Crippen MR) is 74.8 cm³/mol. The largest absolute Gasteiger partial charge is 0.388 e. The van der Waals surface area contributed by atoms with Crippen LogP contribution in [0.2, 0.25) is 0 Å². The molecule has 0 aliphatic heterocycles. The molecule has 0 atom stereocenters. The van der Waals surface area contributed by atoms with Crippen LogP contribution in [0.15, 0.2) is 42.7 Å². The molecular weight excluding hydrogens is 260 g/mol. The van der Waals surface area contributed by atoms with Gasteiger partial charge in [0.15, 0.2) is 0 Å². The fraction of sp³-hybridized carbons (Fsp3) is 0.0769. The Morgan fingerprint density at radius 3 is 2.50 bits per heavy atom. The van der Waals surface area contributed by atoms with Crippen molar-refractivity contribution in [2.45, 2.75) is 0 Å². The Balaban J connectivity index is 2.35. The number of benzene rings is 1. The topological polar surface area (TPSA) is 97.2 Å². The molecule has 1 aromatic heterocycles. The molecule has 0 bridgehead atoms. The molecule has 1 aromatic carbocycles. The van der Waals surface area contributed by atoms with Crippen molar-refractivity contribution in [1.82, 2.24) is 4.98 Å². The van der Waals surface area contributed by atoms with Crippen molar-refractivity contribution >= 4 is 23.0 Å². The molecule has 2 rings (SSSR count). The summed E-state index contributed by atoms with van der Waals surface area (Å²) in [5, 5.41) is 16.4. The third-order valence-corrected chi connectivity index (χ3v) is 2.66. The van der Waals surface area contributed by atoms with Crippen molar-refractivity contribution in [3.8, 4) is 0 Å². The van der Waals surface area contributed by atoms with E-state index in [-0.39, 0.29) is 11.3 Å². The maximum Gasteiger partial charge on any atom is 0.282 e. The lowest BCUT2D eigenvalue weighted by Gasteiger charge is -2.07. The second-order valence-electron chi connectivity index (χ2n) is 3.93. The number of nitrogens with one attached hydrogen (secondary N) is 2. The van der Waals surface area contributed by atoms with Crippen molar-refractivity contribution in [3.05, 3.63) is 58.4 Å². The van der Waals surface area contributed by atoms with Crippen LogP contribution in [0.4, 0.5) is 17.1 Å². The van der Waals surface area contributed by atoms with Gasteiger partial charge < -0.3 is 10.6 Å². The summed E-state index contributed by atoms with van der Waals surface area (Å²) >= 11 is 0. The molecule has 7 nitrogen and oxygen atoms in total. The van der Waals surface area contributed by atoms with E-state index in [1.165, 1.54) is 24.5 Å². The average molecular weight is 272 g/mol. The first-order chi connectivity index (χ1) is 9.61. The van der Waals surface area contributed by atoms with Crippen molar-refractivity contribution in [2.75, 3.05) is 17.7 Å². The van der Waals surface area contributed by atoms with Crippen molar-refractivity contribution in [3.63, 3.8) is 0 Å². The lowest BCUT2D eigenvalue weighted by atomic mass is 10.1. The van der Waals surface area contributed by atoms with Crippen LogP contribution in [0, 0.1) is 10.1 Å². The second-order valence-corrected chi connectivity index (χ2v) is 3.93. The van der Waals surface area contributed by atoms with Gasteiger partial charge in [-0.2, -0.15) is 0 Å². The summed E-state index contributed by atoms with van der Waals surface area (Å²) in [6, 6.07) is 7.49. The lowest BCUT2D eigenvalue weighted by Crippen LogP contribution is -2.14. The molecular formula is C13H12N4O3. The number of carbonyl (C=O) groups excluding carboxylic acids is 1. The molecule has 2 N–H and O–H groups in total. The van der Waals surface area contributed by atoms with Gasteiger partial charge in [0, 0.05) is 36.9 Å². The molecule has 0 saturated carbocycles. The Labute approximate surface area is 114 Å². The highest BCUT2D eigenvalue weighted by Crippen LogP contribution is 2.23. The highest BCUT2D eigenvalue weighted by Gasteiger charge is 2.20. The first-order valence-corrected chi connectivity index (χ1v) is 5.79. The van der Waals surface area contributed by atoms with Gasteiger partial charge in [0.05, 0.1) is 4.92 Å². The number of rotatable bonds is 4. The van der Waals surface area contributed by atoms with E-state index in [1.807, 2.05) is 0 Å². The Bertz CT molecular complexity index is 643. The van der Waals surface area contributed by atoms with Crippen molar-refractivity contribution in [2.24, 2.45) is 0 Å². The molecule has 0 saturated heterocycles. The molecule has 1 heterocycles. The number of nitrogens with zero attached hydrogens (tertiary/aromatic N) is 2. The van der Waals surface area contributed by atoms with E-state index in [4.69, 9.17) is 0 Å². The standard InChI is InChI=1S/C13H12N4O3/c1-14-10-2-3-12(17(19)20)11(8-10)13(18)16-9-4-6-15-7-5-9/h2-8,14H,1H3,(H,15,16,18). The quantitative estimate of drug-likeness (QED) is 0.657. The zero-order valence-corrected chi connectivity index (χ0v) is 10.7. The minimum absolute atomic E-state index is 0.00124. The number of nitro benzene ring substituents is 1. The molecule has 0 spiro atoms.